The second-order valence-corrected chi connectivity index (χ2v) is 2.56. The van der Waals surface area contributed by atoms with Gasteiger partial charge in [0.25, 0.3) is 0 Å². The van der Waals surface area contributed by atoms with Crippen LogP contribution in [0.1, 0.15) is 19.8 Å². The number of amides is 2. The summed E-state index contributed by atoms with van der Waals surface area (Å²) in [5.41, 5.74) is 0. The van der Waals surface area contributed by atoms with Crippen molar-refractivity contribution in [1.82, 2.24) is 10.6 Å². The van der Waals surface area contributed by atoms with Crippen molar-refractivity contribution in [3.63, 3.8) is 0 Å². The number of aliphatic carboxylic acids is 1. The van der Waals surface area contributed by atoms with E-state index in [0.29, 0.717) is 6.42 Å². The number of urea groups is 1. The number of carbonyl (C=O) groups is 2. The third-order valence-corrected chi connectivity index (χ3v) is 1.40. The molecule has 5 heteroatoms. The zero-order valence-corrected chi connectivity index (χ0v) is 7.26. The smallest absolute Gasteiger partial charge is 0.314 e. The van der Waals surface area contributed by atoms with Crippen LogP contribution in [0.15, 0.2) is 0 Å². The predicted octanol–water partition coefficient (Wildman–Crippen LogP) is 0.169. The molecule has 0 aromatic heterocycles. The van der Waals surface area contributed by atoms with Crippen molar-refractivity contribution in [3.05, 3.63) is 0 Å². The third kappa shape index (κ3) is 5.52. The Bertz CT molecular complexity index is 170. The Hall–Kier alpha value is -1.26. The van der Waals surface area contributed by atoms with Crippen molar-refractivity contribution < 1.29 is 14.7 Å². The van der Waals surface area contributed by atoms with Crippen LogP contribution in [0.4, 0.5) is 4.79 Å². The summed E-state index contributed by atoms with van der Waals surface area (Å²) in [6, 6.07) is -0.395. The highest BCUT2D eigenvalue weighted by atomic mass is 16.4. The van der Waals surface area contributed by atoms with Crippen molar-refractivity contribution in [2.45, 2.75) is 25.8 Å². The van der Waals surface area contributed by atoms with Crippen LogP contribution in [-0.4, -0.2) is 30.2 Å². The van der Waals surface area contributed by atoms with Gasteiger partial charge in [0, 0.05) is 19.5 Å². The number of hydrogen-bond acceptors (Lipinski definition) is 2. The van der Waals surface area contributed by atoms with E-state index in [0.717, 1.165) is 0 Å². The number of carboxylic acid groups (broad SMARTS) is 1. The van der Waals surface area contributed by atoms with Crippen molar-refractivity contribution >= 4 is 12.0 Å². The van der Waals surface area contributed by atoms with Crippen LogP contribution in [-0.2, 0) is 4.79 Å². The summed E-state index contributed by atoms with van der Waals surface area (Å²) in [6.45, 7) is 1.76. The number of carboxylic acids is 1. The van der Waals surface area contributed by atoms with Crippen molar-refractivity contribution in [2.75, 3.05) is 7.05 Å². The van der Waals surface area contributed by atoms with Gasteiger partial charge in [0.05, 0.1) is 0 Å². The number of rotatable bonds is 4. The monoisotopic (exact) mass is 174 g/mol. The van der Waals surface area contributed by atoms with Gasteiger partial charge in [-0.3, -0.25) is 4.79 Å². The summed E-state index contributed by atoms with van der Waals surface area (Å²) < 4.78 is 0. The summed E-state index contributed by atoms with van der Waals surface area (Å²) in [4.78, 5) is 20.8. The van der Waals surface area contributed by atoms with E-state index in [1.54, 1.807) is 6.92 Å². The van der Waals surface area contributed by atoms with Crippen molar-refractivity contribution in [1.29, 1.82) is 0 Å². The van der Waals surface area contributed by atoms with Gasteiger partial charge in [0.2, 0.25) is 0 Å². The predicted molar refractivity (Wildman–Crippen MR) is 43.9 cm³/mol. The highest BCUT2D eigenvalue weighted by Gasteiger charge is 2.06. The van der Waals surface area contributed by atoms with Gasteiger partial charge in [0.15, 0.2) is 0 Å². The molecule has 0 aromatic carbocycles. The maximum atomic E-state index is 10.7. The van der Waals surface area contributed by atoms with E-state index in [-0.39, 0.29) is 18.5 Å². The highest BCUT2D eigenvalue weighted by Crippen LogP contribution is 1.95. The molecule has 0 rings (SSSR count). The molecule has 0 aliphatic carbocycles. The SMILES string of the molecule is CNC(=O)NC(C)CCC(=O)O. The summed E-state index contributed by atoms with van der Waals surface area (Å²) in [5.74, 6) is -0.847. The van der Waals surface area contributed by atoms with Crippen molar-refractivity contribution in [2.24, 2.45) is 0 Å². The summed E-state index contributed by atoms with van der Waals surface area (Å²) in [6.07, 6.45) is 0.522. The minimum Gasteiger partial charge on any atom is -0.481 e. The maximum Gasteiger partial charge on any atom is 0.314 e. The lowest BCUT2D eigenvalue weighted by atomic mass is 10.2. The van der Waals surface area contributed by atoms with E-state index in [9.17, 15) is 9.59 Å². The molecule has 0 fully saturated rings. The van der Waals surface area contributed by atoms with Gasteiger partial charge < -0.3 is 15.7 Å². The van der Waals surface area contributed by atoms with E-state index in [2.05, 4.69) is 10.6 Å². The Labute approximate surface area is 71.1 Å². The molecule has 2 amide bonds. The van der Waals surface area contributed by atoms with Crippen LogP contribution in [0.2, 0.25) is 0 Å². The molecular formula is C7H14N2O3. The molecule has 0 aliphatic rings. The molecule has 12 heavy (non-hydrogen) atoms. The van der Waals surface area contributed by atoms with Gasteiger partial charge in [-0.2, -0.15) is 0 Å². The minimum absolute atomic E-state index is 0.0746. The Morgan fingerprint density at radius 3 is 2.50 bits per heavy atom. The third-order valence-electron chi connectivity index (χ3n) is 1.40. The van der Waals surface area contributed by atoms with Gasteiger partial charge in [-0.15, -0.1) is 0 Å². The molecule has 70 valence electrons. The molecule has 0 heterocycles. The second kappa shape index (κ2) is 5.40. The van der Waals surface area contributed by atoms with Crippen LogP contribution in [0.25, 0.3) is 0 Å². The first-order valence-electron chi connectivity index (χ1n) is 3.76. The average molecular weight is 174 g/mol. The number of nitrogens with one attached hydrogen (secondary N) is 2. The minimum atomic E-state index is -0.847. The van der Waals surface area contributed by atoms with Gasteiger partial charge in [-0.25, -0.2) is 4.79 Å². The van der Waals surface area contributed by atoms with Crippen LogP contribution >= 0.6 is 0 Å². The fourth-order valence-corrected chi connectivity index (χ4v) is 0.708. The molecule has 0 spiro atoms. The molecule has 0 bridgehead atoms. The largest absolute Gasteiger partial charge is 0.481 e. The van der Waals surface area contributed by atoms with Gasteiger partial charge in [-0.1, -0.05) is 0 Å². The topological polar surface area (TPSA) is 78.4 Å². The Morgan fingerprint density at radius 2 is 2.08 bits per heavy atom. The fraction of sp³-hybridized carbons (Fsp3) is 0.714. The Kier molecular flexibility index (Phi) is 4.83. The summed E-state index contributed by atoms with van der Waals surface area (Å²) in [7, 11) is 1.51. The first-order chi connectivity index (χ1) is 5.56. The molecule has 0 aliphatic heterocycles. The van der Waals surface area contributed by atoms with Crippen molar-refractivity contribution in [3.8, 4) is 0 Å². The van der Waals surface area contributed by atoms with Gasteiger partial charge in [-0.05, 0) is 13.3 Å². The van der Waals surface area contributed by atoms with Gasteiger partial charge >= 0.3 is 12.0 Å². The lowest BCUT2D eigenvalue weighted by Crippen LogP contribution is -2.39. The fourth-order valence-electron chi connectivity index (χ4n) is 0.708. The number of hydrogen-bond donors (Lipinski definition) is 3. The van der Waals surface area contributed by atoms with E-state index < -0.39 is 5.97 Å². The highest BCUT2D eigenvalue weighted by molar-refractivity contribution is 5.73. The lowest BCUT2D eigenvalue weighted by molar-refractivity contribution is -0.137. The molecule has 5 nitrogen and oxygen atoms in total. The molecule has 0 aromatic rings. The molecule has 1 atom stereocenters. The van der Waals surface area contributed by atoms with E-state index in [1.165, 1.54) is 7.05 Å². The Balaban J connectivity index is 3.52. The molecule has 1 unspecified atom stereocenters. The van der Waals surface area contributed by atoms with Gasteiger partial charge in [0.1, 0.15) is 0 Å². The molecular weight excluding hydrogens is 160 g/mol. The average Bonchev–Trinajstić information content (AvgIpc) is 2.00. The van der Waals surface area contributed by atoms with Crippen LogP contribution in [0, 0.1) is 0 Å². The van der Waals surface area contributed by atoms with Crippen LogP contribution in [0.3, 0.4) is 0 Å². The molecule has 0 saturated heterocycles. The zero-order valence-electron chi connectivity index (χ0n) is 7.26. The first kappa shape index (κ1) is 10.7. The molecule has 0 saturated carbocycles. The van der Waals surface area contributed by atoms with E-state index in [4.69, 9.17) is 5.11 Å². The van der Waals surface area contributed by atoms with Crippen LogP contribution in [0.5, 0.6) is 0 Å². The van der Waals surface area contributed by atoms with E-state index >= 15 is 0 Å². The zero-order chi connectivity index (χ0) is 9.56. The molecule has 3 N–H and O–H groups in total. The standard InChI is InChI=1S/C7H14N2O3/c1-5(3-4-6(10)11)9-7(12)8-2/h5H,3-4H2,1-2H3,(H,10,11)(H2,8,9,12). The summed E-state index contributed by atoms with van der Waals surface area (Å²) in [5, 5.41) is 13.3. The summed E-state index contributed by atoms with van der Waals surface area (Å²) >= 11 is 0. The molecule has 0 radical (unpaired) electrons. The lowest BCUT2D eigenvalue weighted by Gasteiger charge is -2.11. The Morgan fingerprint density at radius 1 is 1.50 bits per heavy atom. The van der Waals surface area contributed by atoms with E-state index in [1.807, 2.05) is 0 Å². The number of carbonyl (C=O) groups excluding carboxylic acids is 1. The quantitative estimate of drug-likeness (QED) is 0.568. The maximum absolute atomic E-state index is 10.7. The van der Waals surface area contributed by atoms with Crippen LogP contribution < -0.4 is 10.6 Å². The first-order valence-corrected chi connectivity index (χ1v) is 3.76. The second-order valence-electron chi connectivity index (χ2n) is 2.56. The normalized spacial score (nSPS) is 11.8.